The van der Waals surface area contributed by atoms with E-state index >= 15 is 0 Å². The summed E-state index contributed by atoms with van der Waals surface area (Å²) in [7, 11) is 1.57. The average Bonchev–Trinajstić information content (AvgIpc) is 3.23. The number of oxime groups is 1. The zero-order chi connectivity index (χ0) is 27.3. The van der Waals surface area contributed by atoms with E-state index < -0.39 is 46.3 Å². The van der Waals surface area contributed by atoms with Crippen LogP contribution in [0.3, 0.4) is 0 Å². The molecule has 0 saturated heterocycles. The molecule has 5 nitrogen and oxygen atoms in total. The van der Waals surface area contributed by atoms with Gasteiger partial charge in [-0.15, -0.1) is 0 Å². The standard InChI is InChI=1S/C24H20ClF7N2O3/c1-11-5-12(3-4-16(11)21(35)33-14-8-15(9-14)36-2)19-10-22(37-34-19,24(30,31)32)17-6-13(23(27,28)29)7-18(25)20(17)26/h3-7,14-15H,8-10H2,1-2H3,(H,33,35)/t14-,15+,22?. The fourth-order valence-electron chi connectivity index (χ4n) is 4.32. The van der Waals surface area contributed by atoms with E-state index in [0.717, 1.165) is 0 Å². The normalized spacial score (nSPS) is 23.8. The summed E-state index contributed by atoms with van der Waals surface area (Å²) >= 11 is 5.52. The van der Waals surface area contributed by atoms with Crippen LogP contribution in [-0.4, -0.2) is 37.1 Å². The molecule has 1 amide bonds. The molecule has 0 spiro atoms. The lowest BCUT2D eigenvalue weighted by Gasteiger charge is -2.34. The van der Waals surface area contributed by atoms with Crippen LogP contribution >= 0.6 is 11.6 Å². The van der Waals surface area contributed by atoms with Gasteiger partial charge in [-0.05, 0) is 55.2 Å². The van der Waals surface area contributed by atoms with Crippen molar-refractivity contribution in [1.29, 1.82) is 0 Å². The van der Waals surface area contributed by atoms with E-state index in [1.165, 1.54) is 18.2 Å². The molecule has 2 aliphatic rings. The number of nitrogens with zero attached hydrogens (tertiary/aromatic N) is 1. The fourth-order valence-corrected chi connectivity index (χ4v) is 4.54. The van der Waals surface area contributed by atoms with Gasteiger partial charge in [-0.3, -0.25) is 4.79 Å². The number of carbonyl (C=O) groups excluding carboxylic acids is 1. The molecule has 0 radical (unpaired) electrons. The molecule has 1 fully saturated rings. The van der Waals surface area contributed by atoms with Crippen molar-refractivity contribution in [1.82, 2.24) is 5.32 Å². The molecule has 13 heteroatoms. The summed E-state index contributed by atoms with van der Waals surface area (Å²) in [6.07, 6.45) is -10.2. The first-order valence-corrected chi connectivity index (χ1v) is 11.4. The van der Waals surface area contributed by atoms with Gasteiger partial charge in [0.15, 0.2) is 0 Å². The Bertz CT molecular complexity index is 1260. The number of hydrogen-bond donors (Lipinski definition) is 1. The van der Waals surface area contributed by atoms with Crippen LogP contribution in [-0.2, 0) is 21.4 Å². The molecule has 4 rings (SSSR count). The number of benzene rings is 2. The topological polar surface area (TPSA) is 59.9 Å². The van der Waals surface area contributed by atoms with Crippen LogP contribution in [0.15, 0.2) is 35.5 Å². The third-order valence-corrected chi connectivity index (χ3v) is 6.82. The van der Waals surface area contributed by atoms with E-state index in [1.54, 1.807) is 14.0 Å². The quantitative estimate of drug-likeness (QED) is 0.443. The summed E-state index contributed by atoms with van der Waals surface area (Å²) < 4.78 is 102. The number of methoxy groups -OCH3 is 1. The molecule has 1 saturated carbocycles. The molecule has 1 aliphatic carbocycles. The molecule has 1 heterocycles. The second-order valence-electron chi connectivity index (χ2n) is 8.98. The molecule has 1 N–H and O–H groups in total. The Morgan fingerprint density at radius 1 is 1.16 bits per heavy atom. The highest BCUT2D eigenvalue weighted by atomic mass is 35.5. The van der Waals surface area contributed by atoms with Crippen molar-refractivity contribution in [3.05, 3.63) is 69.0 Å². The number of rotatable bonds is 5. The zero-order valence-electron chi connectivity index (χ0n) is 19.4. The van der Waals surface area contributed by atoms with Crippen LogP contribution in [0.5, 0.6) is 0 Å². The minimum absolute atomic E-state index is 0.0282. The molecule has 0 bridgehead atoms. The summed E-state index contributed by atoms with van der Waals surface area (Å²) in [5.74, 6) is -2.07. The lowest BCUT2D eigenvalue weighted by Crippen LogP contribution is -2.47. The second-order valence-corrected chi connectivity index (χ2v) is 9.38. The molecule has 2 aromatic carbocycles. The number of alkyl halides is 6. The predicted molar refractivity (Wildman–Crippen MR) is 119 cm³/mol. The number of nitrogens with one attached hydrogen (secondary N) is 1. The number of amides is 1. The minimum atomic E-state index is -5.36. The molecule has 1 atom stereocenters. The maximum Gasteiger partial charge on any atom is 0.435 e. The van der Waals surface area contributed by atoms with Gasteiger partial charge in [0.2, 0.25) is 0 Å². The van der Waals surface area contributed by atoms with Crippen LogP contribution in [0.25, 0.3) is 0 Å². The third kappa shape index (κ3) is 5.00. The summed E-state index contributed by atoms with van der Waals surface area (Å²) in [4.78, 5) is 17.3. The van der Waals surface area contributed by atoms with Gasteiger partial charge >= 0.3 is 12.4 Å². The van der Waals surface area contributed by atoms with Crippen molar-refractivity contribution < 1.29 is 45.1 Å². The third-order valence-electron chi connectivity index (χ3n) is 6.54. The van der Waals surface area contributed by atoms with Gasteiger partial charge in [-0.2, -0.15) is 26.3 Å². The monoisotopic (exact) mass is 552 g/mol. The molecule has 1 aliphatic heterocycles. The van der Waals surface area contributed by atoms with Crippen LogP contribution < -0.4 is 5.32 Å². The van der Waals surface area contributed by atoms with Gasteiger partial charge in [0.1, 0.15) is 5.82 Å². The minimum Gasteiger partial charge on any atom is -0.381 e. The van der Waals surface area contributed by atoms with Gasteiger partial charge in [0.25, 0.3) is 11.5 Å². The Morgan fingerprint density at radius 2 is 1.84 bits per heavy atom. The summed E-state index contributed by atoms with van der Waals surface area (Å²) in [6, 6.07) is 4.30. The Morgan fingerprint density at radius 3 is 2.41 bits per heavy atom. The number of aryl methyl sites for hydroxylation is 1. The first-order chi connectivity index (χ1) is 17.2. The van der Waals surface area contributed by atoms with E-state index in [0.29, 0.717) is 18.4 Å². The highest BCUT2D eigenvalue weighted by Gasteiger charge is 2.64. The smallest absolute Gasteiger partial charge is 0.381 e. The first-order valence-electron chi connectivity index (χ1n) is 11.0. The molecule has 1 unspecified atom stereocenters. The lowest BCUT2D eigenvalue weighted by atomic mass is 9.85. The fraction of sp³-hybridized carbons (Fsp3) is 0.417. The van der Waals surface area contributed by atoms with E-state index in [4.69, 9.17) is 16.3 Å². The van der Waals surface area contributed by atoms with E-state index in [2.05, 4.69) is 15.3 Å². The molecule has 200 valence electrons. The molecule has 2 aromatic rings. The number of carbonyl (C=O) groups is 1. The molecular formula is C24H20ClF7N2O3. The predicted octanol–water partition coefficient (Wildman–Crippen LogP) is 6.30. The second kappa shape index (κ2) is 9.46. The largest absolute Gasteiger partial charge is 0.435 e. The van der Waals surface area contributed by atoms with E-state index in [9.17, 15) is 35.5 Å². The van der Waals surface area contributed by atoms with Crippen LogP contribution in [0.4, 0.5) is 30.7 Å². The van der Waals surface area contributed by atoms with Crippen LogP contribution in [0.2, 0.25) is 5.02 Å². The van der Waals surface area contributed by atoms with Gasteiger partial charge in [0, 0.05) is 24.3 Å². The Kier molecular flexibility index (Phi) is 6.95. The van der Waals surface area contributed by atoms with Gasteiger partial charge in [-0.1, -0.05) is 22.8 Å². The number of hydrogen-bond acceptors (Lipinski definition) is 4. The van der Waals surface area contributed by atoms with Gasteiger partial charge < -0.3 is 14.9 Å². The molecule has 0 aromatic heterocycles. The maximum atomic E-state index is 14.7. The Hall–Kier alpha value is -2.86. The molecular weight excluding hydrogens is 533 g/mol. The van der Waals surface area contributed by atoms with Crippen molar-refractivity contribution >= 4 is 23.2 Å². The highest BCUT2D eigenvalue weighted by molar-refractivity contribution is 6.30. The first kappa shape index (κ1) is 27.2. The van der Waals surface area contributed by atoms with Crippen LogP contribution in [0, 0.1) is 12.7 Å². The van der Waals surface area contributed by atoms with Crippen LogP contribution in [0.1, 0.15) is 51.9 Å². The average molecular weight is 553 g/mol. The van der Waals surface area contributed by atoms with E-state index in [1.807, 2.05) is 0 Å². The Balaban J connectivity index is 1.62. The number of halogens is 8. The molecule has 37 heavy (non-hydrogen) atoms. The highest BCUT2D eigenvalue weighted by Crippen LogP contribution is 2.51. The SMILES string of the molecule is CO[C@H]1C[C@@H](NC(=O)c2ccc(C3=NOC(c4cc(C(F)(F)F)cc(Cl)c4F)(C(F)(F)F)C3)cc2C)C1. The van der Waals surface area contributed by atoms with E-state index in [-0.39, 0.29) is 47.0 Å². The van der Waals surface area contributed by atoms with Gasteiger partial charge in [-0.25, -0.2) is 4.39 Å². The summed E-state index contributed by atoms with van der Waals surface area (Å²) in [5, 5.41) is 5.16. The zero-order valence-corrected chi connectivity index (χ0v) is 20.1. The van der Waals surface area contributed by atoms with Crippen molar-refractivity contribution in [3.8, 4) is 0 Å². The van der Waals surface area contributed by atoms with Crippen molar-refractivity contribution in [3.63, 3.8) is 0 Å². The van der Waals surface area contributed by atoms with Crippen molar-refractivity contribution in [2.24, 2.45) is 5.16 Å². The van der Waals surface area contributed by atoms with Crippen molar-refractivity contribution in [2.45, 2.75) is 56.3 Å². The lowest BCUT2D eigenvalue weighted by molar-refractivity contribution is -0.276. The number of ether oxygens (including phenoxy) is 1. The van der Waals surface area contributed by atoms with Crippen molar-refractivity contribution in [2.75, 3.05) is 7.11 Å². The Labute approximate surface area is 211 Å². The summed E-state index contributed by atoms with van der Waals surface area (Å²) in [5.41, 5.74) is -6.00. The maximum absolute atomic E-state index is 14.7. The van der Waals surface area contributed by atoms with Gasteiger partial charge in [0.05, 0.1) is 28.8 Å². The summed E-state index contributed by atoms with van der Waals surface area (Å²) in [6.45, 7) is 1.57.